The molecule has 5 nitrogen and oxygen atoms in total. The van der Waals surface area contributed by atoms with Crippen LogP contribution in [-0.2, 0) is 4.79 Å². The second-order valence-electron chi connectivity index (χ2n) is 6.83. The lowest BCUT2D eigenvalue weighted by Gasteiger charge is -2.41. The van der Waals surface area contributed by atoms with Gasteiger partial charge in [0, 0.05) is 38.8 Å². The number of pyridine rings is 1. The zero-order chi connectivity index (χ0) is 19.8. The van der Waals surface area contributed by atoms with Crippen molar-refractivity contribution >= 4 is 49.3 Å². The number of anilines is 1. The first-order valence-corrected chi connectivity index (χ1v) is 10.5. The molecule has 1 aliphatic carbocycles. The Morgan fingerprint density at radius 1 is 1.11 bits per heavy atom. The average molecular weight is 500 g/mol. The van der Waals surface area contributed by atoms with Crippen LogP contribution in [0, 0.1) is 22.7 Å². The highest BCUT2D eigenvalue weighted by Gasteiger charge is 2.45. The fraction of sp³-hybridized carbons (Fsp3) is 0.238. The highest BCUT2D eigenvalue weighted by atomic mass is 79.9. The second-order valence-corrected chi connectivity index (χ2v) is 8.66. The summed E-state index contributed by atoms with van der Waals surface area (Å²) in [5.41, 5.74) is 2.34. The van der Waals surface area contributed by atoms with Gasteiger partial charge in [0.1, 0.15) is 17.6 Å². The van der Waals surface area contributed by atoms with E-state index in [1.165, 1.54) is 0 Å². The van der Waals surface area contributed by atoms with Gasteiger partial charge in [0.15, 0.2) is 5.78 Å². The van der Waals surface area contributed by atoms with Gasteiger partial charge in [0.2, 0.25) is 0 Å². The molecule has 140 valence electrons. The molecule has 2 aromatic rings. The van der Waals surface area contributed by atoms with E-state index in [2.05, 4.69) is 42.9 Å². The van der Waals surface area contributed by atoms with Crippen molar-refractivity contribution in [2.75, 3.05) is 4.90 Å². The van der Waals surface area contributed by atoms with Crippen LogP contribution >= 0.6 is 31.9 Å². The van der Waals surface area contributed by atoms with Crippen LogP contribution in [0.3, 0.4) is 0 Å². The van der Waals surface area contributed by atoms with Gasteiger partial charge in [-0.3, -0.25) is 15.1 Å². The van der Waals surface area contributed by atoms with E-state index in [4.69, 9.17) is 5.41 Å². The number of carbonyl (C=O) groups excluding carboxylic acids is 1. The highest BCUT2D eigenvalue weighted by molar-refractivity contribution is 9.10. The topological polar surface area (TPSA) is 80.8 Å². The predicted molar refractivity (Wildman–Crippen MR) is 114 cm³/mol. The Labute approximate surface area is 179 Å². The van der Waals surface area contributed by atoms with E-state index >= 15 is 0 Å². The molecule has 2 aliphatic rings. The number of benzene rings is 1. The molecule has 1 N–H and O–H groups in total. The van der Waals surface area contributed by atoms with E-state index in [9.17, 15) is 10.1 Å². The van der Waals surface area contributed by atoms with Crippen LogP contribution in [-0.4, -0.2) is 16.6 Å². The smallest absolute Gasteiger partial charge is 0.161 e. The van der Waals surface area contributed by atoms with Gasteiger partial charge in [0.25, 0.3) is 0 Å². The number of hydrogen-bond acceptors (Lipinski definition) is 4. The van der Waals surface area contributed by atoms with E-state index in [0.717, 1.165) is 26.6 Å². The quantitative estimate of drug-likeness (QED) is 0.605. The molecule has 28 heavy (non-hydrogen) atoms. The fourth-order valence-corrected chi connectivity index (χ4v) is 4.47. The first-order valence-electron chi connectivity index (χ1n) is 8.92. The van der Waals surface area contributed by atoms with Crippen molar-refractivity contribution in [3.05, 3.63) is 68.4 Å². The van der Waals surface area contributed by atoms with Crippen LogP contribution in [0.5, 0.6) is 0 Å². The molecule has 2 unspecified atom stereocenters. The number of Topliss-reactive ketones (excluding diaryl/α,β-unsaturated/α-hetero) is 1. The zero-order valence-corrected chi connectivity index (χ0v) is 18.0. The number of hydrogen-bond donors (Lipinski definition) is 1. The van der Waals surface area contributed by atoms with Crippen molar-refractivity contribution in [1.82, 2.24) is 4.98 Å². The summed E-state index contributed by atoms with van der Waals surface area (Å²) in [5.74, 6) is -0.403. The Balaban J connectivity index is 1.93. The predicted octanol–water partition coefficient (Wildman–Crippen LogP) is 5.33. The molecule has 2 heterocycles. The van der Waals surface area contributed by atoms with Crippen molar-refractivity contribution in [2.24, 2.45) is 5.92 Å². The maximum absolute atomic E-state index is 13.0. The monoisotopic (exact) mass is 498 g/mol. The lowest BCUT2D eigenvalue weighted by Crippen LogP contribution is -2.46. The molecule has 0 saturated heterocycles. The summed E-state index contributed by atoms with van der Waals surface area (Å²) in [6, 6.07) is 13.6. The van der Waals surface area contributed by atoms with Crippen LogP contribution in [0.4, 0.5) is 5.82 Å². The highest BCUT2D eigenvalue weighted by Crippen LogP contribution is 2.45. The van der Waals surface area contributed by atoms with Crippen molar-refractivity contribution < 1.29 is 4.79 Å². The Morgan fingerprint density at radius 3 is 2.46 bits per heavy atom. The van der Waals surface area contributed by atoms with Gasteiger partial charge in [-0.25, -0.2) is 4.98 Å². The van der Waals surface area contributed by atoms with Crippen molar-refractivity contribution in [3.63, 3.8) is 0 Å². The van der Waals surface area contributed by atoms with Gasteiger partial charge in [-0.15, -0.1) is 0 Å². The minimum absolute atomic E-state index is 0.0593. The van der Waals surface area contributed by atoms with Gasteiger partial charge < -0.3 is 0 Å². The normalized spacial score (nSPS) is 22.1. The van der Waals surface area contributed by atoms with E-state index in [1.807, 2.05) is 30.3 Å². The SMILES string of the molecule is N#CC1C(=N)N(c2ccc(Br)cn2)C2=C(C(=O)CCC2)C1c1ccc(Br)cc1. The zero-order valence-electron chi connectivity index (χ0n) is 14.8. The number of nitrogens with zero attached hydrogens (tertiary/aromatic N) is 3. The van der Waals surface area contributed by atoms with Crippen LogP contribution in [0.1, 0.15) is 30.7 Å². The third-order valence-electron chi connectivity index (χ3n) is 5.19. The summed E-state index contributed by atoms with van der Waals surface area (Å²) in [5, 5.41) is 18.7. The molecule has 0 saturated carbocycles. The van der Waals surface area contributed by atoms with E-state index in [-0.39, 0.29) is 11.6 Å². The average Bonchev–Trinajstić information content (AvgIpc) is 2.69. The summed E-state index contributed by atoms with van der Waals surface area (Å²) < 4.78 is 1.76. The molecule has 0 bridgehead atoms. The molecule has 7 heteroatoms. The second kappa shape index (κ2) is 7.61. The van der Waals surface area contributed by atoms with Gasteiger partial charge >= 0.3 is 0 Å². The first-order chi connectivity index (χ1) is 13.5. The molecule has 2 atom stereocenters. The van der Waals surface area contributed by atoms with Crippen LogP contribution in [0.25, 0.3) is 0 Å². The molecule has 1 aliphatic heterocycles. The molecule has 0 spiro atoms. The Hall–Kier alpha value is -2.30. The van der Waals surface area contributed by atoms with Crippen LogP contribution in [0.15, 0.2) is 62.8 Å². The van der Waals surface area contributed by atoms with Crippen LogP contribution < -0.4 is 4.90 Å². The number of allylic oxidation sites excluding steroid dienone is 2. The fourth-order valence-electron chi connectivity index (χ4n) is 3.97. The molecule has 0 fully saturated rings. The molecule has 1 aromatic heterocycles. The number of amidine groups is 1. The van der Waals surface area contributed by atoms with Gasteiger partial charge in [-0.1, -0.05) is 28.1 Å². The number of nitrogens with one attached hydrogen (secondary N) is 1. The third kappa shape index (κ3) is 3.21. The van der Waals surface area contributed by atoms with Gasteiger partial charge in [0.05, 0.1) is 6.07 Å². The summed E-state index contributed by atoms with van der Waals surface area (Å²) >= 11 is 6.81. The lowest BCUT2D eigenvalue weighted by molar-refractivity contribution is -0.116. The standard InChI is InChI=1S/C21H16Br2N4O/c22-13-6-4-12(5-7-13)19-15(10-24)21(25)27(18-9-8-14(23)11-26-18)16-2-1-3-17(28)20(16)19/h4-9,11,15,19,25H,1-3H2. The van der Waals surface area contributed by atoms with Crippen molar-refractivity contribution in [3.8, 4) is 6.07 Å². The van der Waals surface area contributed by atoms with E-state index in [1.54, 1.807) is 17.2 Å². The maximum atomic E-state index is 13.0. The molecular formula is C21H16Br2N4O. The minimum Gasteiger partial charge on any atom is -0.294 e. The number of rotatable bonds is 2. The Kier molecular flexibility index (Phi) is 5.17. The maximum Gasteiger partial charge on any atom is 0.161 e. The number of nitriles is 1. The summed E-state index contributed by atoms with van der Waals surface area (Å²) in [6.45, 7) is 0. The lowest BCUT2D eigenvalue weighted by atomic mass is 9.72. The summed E-state index contributed by atoms with van der Waals surface area (Å²) in [6.07, 6.45) is 3.56. The number of aromatic nitrogens is 1. The van der Waals surface area contributed by atoms with Gasteiger partial charge in [-0.05, 0) is 58.6 Å². The van der Waals surface area contributed by atoms with Crippen molar-refractivity contribution in [2.45, 2.75) is 25.2 Å². The Bertz CT molecular complexity index is 1020. The minimum atomic E-state index is -0.757. The number of carbonyl (C=O) groups is 1. The Morgan fingerprint density at radius 2 is 1.82 bits per heavy atom. The molecule has 0 radical (unpaired) electrons. The van der Waals surface area contributed by atoms with Crippen molar-refractivity contribution in [1.29, 1.82) is 10.7 Å². The van der Waals surface area contributed by atoms with Crippen LogP contribution in [0.2, 0.25) is 0 Å². The largest absolute Gasteiger partial charge is 0.294 e. The molecular weight excluding hydrogens is 484 g/mol. The third-order valence-corrected chi connectivity index (χ3v) is 6.19. The molecule has 1 aromatic carbocycles. The van der Waals surface area contributed by atoms with Gasteiger partial charge in [-0.2, -0.15) is 5.26 Å². The summed E-state index contributed by atoms with van der Waals surface area (Å²) in [4.78, 5) is 19.1. The summed E-state index contributed by atoms with van der Waals surface area (Å²) in [7, 11) is 0. The molecule has 4 rings (SSSR count). The molecule has 0 amide bonds. The number of ketones is 1. The van der Waals surface area contributed by atoms with E-state index < -0.39 is 11.8 Å². The van der Waals surface area contributed by atoms with E-state index in [0.29, 0.717) is 24.2 Å². The number of halogens is 2. The first kappa shape index (κ1) is 19.0.